The van der Waals surface area contributed by atoms with Gasteiger partial charge in [0.05, 0.1) is 18.8 Å². The maximum atomic E-state index is 12.7. The molecule has 4 heterocycles. The number of likely N-dealkylation sites (tertiary alicyclic amines) is 1. The molecule has 1 aromatic carbocycles. The number of anilines is 1. The van der Waals surface area contributed by atoms with E-state index in [1.54, 1.807) is 30.1 Å². The maximum absolute atomic E-state index is 12.7. The van der Waals surface area contributed by atoms with Crippen molar-refractivity contribution < 1.29 is 4.74 Å². The second kappa shape index (κ2) is 12.5. The number of nitrogens with zero attached hydrogens (tertiary/aromatic N) is 5. The van der Waals surface area contributed by atoms with Crippen molar-refractivity contribution in [1.82, 2.24) is 19.4 Å². The summed E-state index contributed by atoms with van der Waals surface area (Å²) in [6.07, 6.45) is 7.32. The van der Waals surface area contributed by atoms with Gasteiger partial charge in [-0.1, -0.05) is 30.7 Å². The number of morpholine rings is 1. The maximum Gasteiger partial charge on any atom is 0.255 e. The third-order valence-corrected chi connectivity index (χ3v) is 6.61. The summed E-state index contributed by atoms with van der Waals surface area (Å²) in [6.45, 7) is 5.32. The third kappa shape index (κ3) is 6.41. The molecule has 35 heavy (non-hydrogen) atoms. The number of hydrogen-bond donors (Lipinski definition) is 0. The SMILES string of the molecule is Cl.Cl.Cn1c(N2CCOC(c3cccc(CN4CCCCC4)c3)C2)nc(-c2ccncc2)cc1=O. The van der Waals surface area contributed by atoms with Crippen LogP contribution in [-0.2, 0) is 18.3 Å². The predicted octanol–water partition coefficient (Wildman–Crippen LogP) is 4.25. The van der Waals surface area contributed by atoms with Crippen LogP contribution >= 0.6 is 24.8 Å². The molecule has 0 spiro atoms. The van der Waals surface area contributed by atoms with Gasteiger partial charge in [0.1, 0.15) is 6.10 Å². The minimum absolute atomic E-state index is 0. The summed E-state index contributed by atoms with van der Waals surface area (Å²) < 4.78 is 7.79. The third-order valence-electron chi connectivity index (χ3n) is 6.61. The van der Waals surface area contributed by atoms with E-state index in [2.05, 4.69) is 39.0 Å². The molecule has 2 saturated heterocycles. The zero-order chi connectivity index (χ0) is 22.6. The van der Waals surface area contributed by atoms with Crippen molar-refractivity contribution in [2.45, 2.75) is 31.9 Å². The molecular formula is C26H33Cl2N5O2. The number of rotatable bonds is 5. The average molecular weight is 518 g/mol. The lowest BCUT2D eigenvalue weighted by Gasteiger charge is -2.35. The quantitative estimate of drug-likeness (QED) is 0.504. The van der Waals surface area contributed by atoms with Crippen LogP contribution in [0.1, 0.15) is 36.5 Å². The molecule has 5 rings (SSSR count). The lowest BCUT2D eigenvalue weighted by atomic mass is 10.0. The first kappa shape index (κ1) is 27.1. The van der Waals surface area contributed by atoms with E-state index in [9.17, 15) is 4.79 Å². The van der Waals surface area contributed by atoms with Crippen molar-refractivity contribution in [3.8, 4) is 11.3 Å². The van der Waals surface area contributed by atoms with Crippen LogP contribution in [0.5, 0.6) is 0 Å². The highest BCUT2D eigenvalue weighted by atomic mass is 35.5. The Morgan fingerprint density at radius 3 is 2.54 bits per heavy atom. The van der Waals surface area contributed by atoms with Gasteiger partial charge in [-0.15, -0.1) is 24.8 Å². The number of pyridine rings is 1. The molecule has 7 nitrogen and oxygen atoms in total. The van der Waals surface area contributed by atoms with Crippen LogP contribution in [0.4, 0.5) is 5.95 Å². The molecule has 188 valence electrons. The summed E-state index contributed by atoms with van der Waals surface area (Å²) in [4.78, 5) is 26.3. The summed E-state index contributed by atoms with van der Waals surface area (Å²) >= 11 is 0. The highest BCUT2D eigenvalue weighted by molar-refractivity contribution is 5.85. The molecule has 1 unspecified atom stereocenters. The van der Waals surface area contributed by atoms with Crippen LogP contribution in [0.2, 0.25) is 0 Å². The molecule has 2 aromatic heterocycles. The van der Waals surface area contributed by atoms with Crippen LogP contribution < -0.4 is 10.5 Å². The summed E-state index contributed by atoms with van der Waals surface area (Å²) in [5, 5.41) is 0. The van der Waals surface area contributed by atoms with E-state index in [4.69, 9.17) is 9.72 Å². The number of halogens is 2. The Hall–Kier alpha value is -2.45. The highest BCUT2D eigenvalue weighted by Crippen LogP contribution is 2.27. The average Bonchev–Trinajstić information content (AvgIpc) is 2.87. The van der Waals surface area contributed by atoms with Gasteiger partial charge in [0.25, 0.3) is 5.56 Å². The fraction of sp³-hybridized carbons (Fsp3) is 0.423. The Morgan fingerprint density at radius 2 is 1.77 bits per heavy atom. The molecule has 0 amide bonds. The Bertz CT molecular complexity index is 1150. The van der Waals surface area contributed by atoms with E-state index < -0.39 is 0 Å². The summed E-state index contributed by atoms with van der Waals surface area (Å²) in [5.74, 6) is 0.673. The number of ether oxygens (including phenoxy) is 1. The molecule has 2 fully saturated rings. The van der Waals surface area contributed by atoms with Gasteiger partial charge < -0.3 is 9.64 Å². The summed E-state index contributed by atoms with van der Waals surface area (Å²) in [5.41, 5.74) is 4.00. The Labute approximate surface area is 219 Å². The van der Waals surface area contributed by atoms with Gasteiger partial charge in [0.2, 0.25) is 5.95 Å². The van der Waals surface area contributed by atoms with E-state index in [1.807, 2.05) is 12.1 Å². The molecule has 0 bridgehead atoms. The minimum Gasteiger partial charge on any atom is -0.370 e. The fourth-order valence-corrected chi connectivity index (χ4v) is 4.78. The van der Waals surface area contributed by atoms with Gasteiger partial charge in [-0.25, -0.2) is 4.98 Å². The lowest BCUT2D eigenvalue weighted by molar-refractivity contribution is 0.0389. The molecule has 0 radical (unpaired) electrons. The van der Waals surface area contributed by atoms with E-state index >= 15 is 0 Å². The van der Waals surface area contributed by atoms with Crippen LogP contribution in [0.15, 0.2) is 59.7 Å². The van der Waals surface area contributed by atoms with Crippen LogP contribution in [0.3, 0.4) is 0 Å². The standard InChI is InChI=1S/C26H31N5O2.2ClH/c1-29-25(32)17-23(21-8-10-27-11-9-21)28-26(29)31-14-15-33-24(19-31)22-7-5-6-20(16-22)18-30-12-3-2-4-13-30;;/h5-11,16-17,24H,2-4,12-15,18-19H2,1H3;2*1H. The molecule has 2 aliphatic rings. The Morgan fingerprint density at radius 1 is 1.00 bits per heavy atom. The van der Waals surface area contributed by atoms with Gasteiger partial charge in [-0.05, 0) is 49.2 Å². The first-order valence-electron chi connectivity index (χ1n) is 11.8. The van der Waals surface area contributed by atoms with Crippen LogP contribution in [0, 0.1) is 0 Å². The topological polar surface area (TPSA) is 63.5 Å². The molecular weight excluding hydrogens is 485 g/mol. The number of aromatic nitrogens is 3. The second-order valence-electron chi connectivity index (χ2n) is 8.96. The van der Waals surface area contributed by atoms with Crippen molar-refractivity contribution in [3.05, 3.63) is 76.3 Å². The van der Waals surface area contributed by atoms with E-state index in [0.29, 0.717) is 31.3 Å². The van der Waals surface area contributed by atoms with Gasteiger partial charge in [-0.3, -0.25) is 19.2 Å². The van der Waals surface area contributed by atoms with E-state index in [1.165, 1.54) is 43.5 Å². The fourth-order valence-electron chi connectivity index (χ4n) is 4.78. The molecule has 2 aliphatic heterocycles. The second-order valence-corrected chi connectivity index (χ2v) is 8.96. The van der Waals surface area contributed by atoms with Crippen molar-refractivity contribution >= 4 is 30.8 Å². The predicted molar refractivity (Wildman–Crippen MR) is 144 cm³/mol. The molecule has 0 saturated carbocycles. The van der Waals surface area contributed by atoms with E-state index in [0.717, 1.165) is 12.1 Å². The largest absolute Gasteiger partial charge is 0.370 e. The minimum atomic E-state index is -0.0709. The lowest BCUT2D eigenvalue weighted by Crippen LogP contribution is -2.41. The summed E-state index contributed by atoms with van der Waals surface area (Å²) in [6, 6.07) is 14.1. The number of piperidine rings is 1. The van der Waals surface area contributed by atoms with Crippen molar-refractivity contribution in [1.29, 1.82) is 0 Å². The Balaban J connectivity index is 0.00000171. The van der Waals surface area contributed by atoms with Gasteiger partial charge in [0.15, 0.2) is 0 Å². The smallest absolute Gasteiger partial charge is 0.255 e. The first-order chi connectivity index (χ1) is 16.2. The van der Waals surface area contributed by atoms with Crippen molar-refractivity contribution in [2.75, 3.05) is 37.7 Å². The van der Waals surface area contributed by atoms with Crippen LogP contribution in [0.25, 0.3) is 11.3 Å². The first-order valence-corrected chi connectivity index (χ1v) is 11.8. The van der Waals surface area contributed by atoms with Gasteiger partial charge in [-0.2, -0.15) is 0 Å². The summed E-state index contributed by atoms with van der Waals surface area (Å²) in [7, 11) is 1.78. The highest BCUT2D eigenvalue weighted by Gasteiger charge is 2.25. The Kier molecular flexibility index (Phi) is 9.69. The monoisotopic (exact) mass is 517 g/mol. The zero-order valence-corrected chi connectivity index (χ0v) is 21.6. The van der Waals surface area contributed by atoms with Gasteiger partial charge in [0, 0.05) is 44.2 Å². The van der Waals surface area contributed by atoms with Gasteiger partial charge >= 0.3 is 0 Å². The molecule has 3 aromatic rings. The van der Waals surface area contributed by atoms with Crippen molar-refractivity contribution in [2.24, 2.45) is 7.05 Å². The molecule has 1 atom stereocenters. The zero-order valence-electron chi connectivity index (χ0n) is 20.0. The van der Waals surface area contributed by atoms with Crippen molar-refractivity contribution in [3.63, 3.8) is 0 Å². The van der Waals surface area contributed by atoms with E-state index in [-0.39, 0.29) is 36.5 Å². The molecule has 9 heteroatoms. The number of benzene rings is 1. The normalized spacial score (nSPS) is 18.4. The van der Waals surface area contributed by atoms with Crippen LogP contribution in [-0.4, -0.2) is 52.2 Å². The molecule has 0 aliphatic carbocycles. The number of hydrogen-bond acceptors (Lipinski definition) is 6. The molecule has 0 N–H and O–H groups in total.